The third kappa shape index (κ3) is 4.09. The van der Waals surface area contributed by atoms with Gasteiger partial charge in [-0.15, -0.1) is 11.3 Å². The summed E-state index contributed by atoms with van der Waals surface area (Å²) >= 11 is 1.59. The van der Waals surface area contributed by atoms with E-state index in [4.69, 9.17) is 5.11 Å². The lowest BCUT2D eigenvalue weighted by molar-refractivity contribution is 0.137. The Balaban J connectivity index is 1.51. The van der Waals surface area contributed by atoms with Crippen molar-refractivity contribution in [3.63, 3.8) is 0 Å². The van der Waals surface area contributed by atoms with Crippen LogP contribution < -0.4 is 5.32 Å². The van der Waals surface area contributed by atoms with Gasteiger partial charge < -0.3 is 15.3 Å². The van der Waals surface area contributed by atoms with Crippen LogP contribution in [0.15, 0.2) is 35.7 Å². The number of urea groups is 1. The predicted octanol–water partition coefficient (Wildman–Crippen LogP) is 2.72. The van der Waals surface area contributed by atoms with Crippen LogP contribution in [0.4, 0.5) is 4.79 Å². The Morgan fingerprint density at radius 3 is 2.74 bits per heavy atom. The summed E-state index contributed by atoms with van der Waals surface area (Å²) in [6.07, 6.45) is 1.75. The van der Waals surface area contributed by atoms with E-state index in [2.05, 4.69) is 10.3 Å². The topological polar surface area (TPSA) is 65.5 Å². The molecule has 3 rings (SSSR count). The van der Waals surface area contributed by atoms with Gasteiger partial charge in [0.15, 0.2) is 0 Å². The number of thiazole rings is 1. The lowest BCUT2D eigenvalue weighted by Gasteiger charge is -2.31. The van der Waals surface area contributed by atoms with Crippen molar-refractivity contribution in [3.05, 3.63) is 41.4 Å². The highest BCUT2D eigenvalue weighted by atomic mass is 32.1. The maximum absolute atomic E-state index is 12.2. The van der Waals surface area contributed by atoms with Crippen LogP contribution in [0.3, 0.4) is 0 Å². The lowest BCUT2D eigenvalue weighted by Crippen LogP contribution is -2.44. The summed E-state index contributed by atoms with van der Waals surface area (Å²) in [6, 6.07) is 10.00. The number of nitrogens with zero attached hydrogens (tertiary/aromatic N) is 2. The van der Waals surface area contributed by atoms with E-state index >= 15 is 0 Å². The van der Waals surface area contributed by atoms with Gasteiger partial charge in [0.25, 0.3) is 0 Å². The zero-order valence-corrected chi connectivity index (χ0v) is 13.8. The number of hydrogen-bond donors (Lipinski definition) is 2. The Labute approximate surface area is 140 Å². The van der Waals surface area contributed by atoms with E-state index in [1.54, 1.807) is 11.3 Å². The van der Waals surface area contributed by atoms with Crippen molar-refractivity contribution in [1.82, 2.24) is 15.2 Å². The third-order valence-corrected chi connectivity index (χ3v) is 5.09. The highest BCUT2D eigenvalue weighted by Gasteiger charge is 2.22. The Kier molecular flexibility index (Phi) is 5.25. The van der Waals surface area contributed by atoms with Crippen LogP contribution in [0, 0.1) is 5.92 Å². The number of aliphatic hydroxyl groups excluding tert-OH is 1. The Morgan fingerprint density at radius 2 is 2.04 bits per heavy atom. The smallest absolute Gasteiger partial charge is 0.317 e. The van der Waals surface area contributed by atoms with Crippen molar-refractivity contribution < 1.29 is 9.90 Å². The van der Waals surface area contributed by atoms with Crippen molar-refractivity contribution in [2.24, 2.45) is 5.92 Å². The molecular formula is C17H21N3O2S. The molecule has 1 fully saturated rings. The molecule has 0 aliphatic carbocycles. The van der Waals surface area contributed by atoms with Crippen LogP contribution in [-0.2, 0) is 6.54 Å². The quantitative estimate of drug-likeness (QED) is 0.905. The summed E-state index contributed by atoms with van der Waals surface area (Å²) in [5.74, 6) is 0.339. The molecule has 122 valence electrons. The van der Waals surface area contributed by atoms with E-state index in [0.717, 1.165) is 29.1 Å². The molecule has 0 bridgehead atoms. The first-order valence-corrected chi connectivity index (χ1v) is 8.77. The minimum absolute atomic E-state index is 0.0457. The molecule has 0 spiro atoms. The number of nitrogens with one attached hydrogen (secondary N) is 1. The highest BCUT2D eigenvalue weighted by Crippen LogP contribution is 2.23. The molecule has 5 nitrogen and oxygen atoms in total. The number of benzene rings is 1. The Bertz CT molecular complexity index is 636. The summed E-state index contributed by atoms with van der Waals surface area (Å²) in [5, 5.41) is 15.0. The van der Waals surface area contributed by atoms with Crippen molar-refractivity contribution in [2.45, 2.75) is 19.4 Å². The molecule has 2 aromatic rings. The second-order valence-electron chi connectivity index (χ2n) is 5.78. The average Bonchev–Trinajstić information content (AvgIpc) is 3.09. The molecule has 1 aliphatic heterocycles. The third-order valence-electron chi connectivity index (χ3n) is 4.15. The molecule has 0 unspecified atom stereocenters. The Morgan fingerprint density at radius 1 is 1.30 bits per heavy atom. The van der Waals surface area contributed by atoms with Crippen molar-refractivity contribution in [3.8, 4) is 10.6 Å². The molecule has 23 heavy (non-hydrogen) atoms. The summed E-state index contributed by atoms with van der Waals surface area (Å²) in [4.78, 5) is 18.6. The minimum atomic E-state index is -0.0457. The van der Waals surface area contributed by atoms with Crippen molar-refractivity contribution in [2.75, 3.05) is 19.7 Å². The molecule has 0 saturated carbocycles. The number of rotatable bonds is 4. The normalized spacial score (nSPS) is 15.6. The summed E-state index contributed by atoms with van der Waals surface area (Å²) in [5.41, 5.74) is 1.98. The molecule has 1 aliphatic rings. The van der Waals surface area contributed by atoms with E-state index < -0.39 is 0 Å². The first-order chi connectivity index (χ1) is 11.3. The molecule has 0 radical (unpaired) electrons. The largest absolute Gasteiger partial charge is 0.396 e. The molecule has 1 saturated heterocycles. The van der Waals surface area contributed by atoms with Gasteiger partial charge in [-0.25, -0.2) is 9.78 Å². The molecular weight excluding hydrogens is 310 g/mol. The number of carbonyl (C=O) groups is 1. The molecule has 2 amide bonds. The highest BCUT2D eigenvalue weighted by molar-refractivity contribution is 7.13. The van der Waals surface area contributed by atoms with Crippen LogP contribution in [0.2, 0.25) is 0 Å². The molecule has 6 heteroatoms. The van der Waals surface area contributed by atoms with Gasteiger partial charge in [0, 0.05) is 30.6 Å². The van der Waals surface area contributed by atoms with Crippen LogP contribution in [-0.4, -0.2) is 40.7 Å². The van der Waals surface area contributed by atoms with Crippen molar-refractivity contribution >= 4 is 17.4 Å². The minimum Gasteiger partial charge on any atom is -0.396 e. The number of amides is 2. The standard InChI is InChI=1S/C17H21N3O2S/c21-11-13-6-8-20(9-7-13)17(22)18-10-15-12-23-16(19-15)14-4-2-1-3-5-14/h1-5,12-13,21H,6-11H2,(H,18,22). The molecule has 1 aromatic carbocycles. The SMILES string of the molecule is O=C(NCc1csc(-c2ccccc2)n1)N1CCC(CO)CC1. The molecule has 2 N–H and O–H groups in total. The first kappa shape index (κ1) is 16.0. The zero-order valence-electron chi connectivity index (χ0n) is 12.9. The van der Waals surface area contributed by atoms with E-state index in [1.807, 2.05) is 40.6 Å². The van der Waals surface area contributed by atoms with Gasteiger partial charge in [-0.05, 0) is 18.8 Å². The fourth-order valence-corrected chi connectivity index (χ4v) is 3.52. The number of piperidine rings is 1. The average molecular weight is 331 g/mol. The van der Waals surface area contributed by atoms with E-state index in [0.29, 0.717) is 25.6 Å². The summed E-state index contributed by atoms with van der Waals surface area (Å²) in [6.45, 7) is 2.09. The molecule has 1 aromatic heterocycles. The van der Waals surface area contributed by atoms with Gasteiger partial charge in [0.05, 0.1) is 12.2 Å². The van der Waals surface area contributed by atoms with Crippen LogP contribution in [0.5, 0.6) is 0 Å². The van der Waals surface area contributed by atoms with Gasteiger partial charge in [0.1, 0.15) is 5.01 Å². The first-order valence-electron chi connectivity index (χ1n) is 7.89. The zero-order chi connectivity index (χ0) is 16.1. The lowest BCUT2D eigenvalue weighted by atomic mass is 9.98. The second kappa shape index (κ2) is 7.57. The van der Waals surface area contributed by atoms with Crippen molar-refractivity contribution in [1.29, 1.82) is 0 Å². The molecule has 0 atom stereocenters. The fourth-order valence-electron chi connectivity index (χ4n) is 2.70. The van der Waals surface area contributed by atoms with Gasteiger partial charge in [-0.1, -0.05) is 30.3 Å². The van der Waals surface area contributed by atoms with Crippen LogP contribution in [0.1, 0.15) is 18.5 Å². The maximum Gasteiger partial charge on any atom is 0.317 e. The number of aromatic nitrogens is 1. The number of aliphatic hydroxyl groups is 1. The van der Waals surface area contributed by atoms with Crippen LogP contribution >= 0.6 is 11.3 Å². The number of likely N-dealkylation sites (tertiary alicyclic amines) is 1. The number of hydrogen-bond acceptors (Lipinski definition) is 4. The Hall–Kier alpha value is -1.92. The van der Waals surface area contributed by atoms with E-state index in [9.17, 15) is 4.79 Å². The summed E-state index contributed by atoms with van der Waals surface area (Å²) < 4.78 is 0. The fraction of sp³-hybridized carbons (Fsp3) is 0.412. The van der Waals surface area contributed by atoms with Gasteiger partial charge in [-0.3, -0.25) is 0 Å². The monoisotopic (exact) mass is 331 g/mol. The second-order valence-corrected chi connectivity index (χ2v) is 6.64. The molecule has 2 heterocycles. The van der Waals surface area contributed by atoms with E-state index in [1.165, 1.54) is 0 Å². The van der Waals surface area contributed by atoms with Gasteiger partial charge in [-0.2, -0.15) is 0 Å². The predicted molar refractivity (Wildman–Crippen MR) is 91.2 cm³/mol. The van der Waals surface area contributed by atoms with Crippen LogP contribution in [0.25, 0.3) is 10.6 Å². The summed E-state index contributed by atoms with van der Waals surface area (Å²) in [7, 11) is 0. The van der Waals surface area contributed by atoms with Gasteiger partial charge >= 0.3 is 6.03 Å². The van der Waals surface area contributed by atoms with E-state index in [-0.39, 0.29) is 12.6 Å². The van der Waals surface area contributed by atoms with Gasteiger partial charge in [0.2, 0.25) is 0 Å². The number of carbonyl (C=O) groups excluding carboxylic acids is 1. The maximum atomic E-state index is 12.2.